The third kappa shape index (κ3) is 6.00. The minimum atomic E-state index is -0.146. The lowest BCUT2D eigenvalue weighted by molar-refractivity contribution is 0.660. The van der Waals surface area contributed by atoms with Crippen LogP contribution in [0.5, 0.6) is 0 Å². The van der Waals surface area contributed by atoms with E-state index in [2.05, 4.69) is 248 Å². The quantitative estimate of drug-likeness (QED) is 0.160. The summed E-state index contributed by atoms with van der Waals surface area (Å²) in [7, 11) is 0. The zero-order chi connectivity index (χ0) is 42.1. The van der Waals surface area contributed by atoms with Crippen molar-refractivity contribution in [3.63, 3.8) is 0 Å². The average molecular weight is 806 g/mol. The van der Waals surface area contributed by atoms with Gasteiger partial charge in [0, 0.05) is 44.4 Å². The van der Waals surface area contributed by atoms with Crippen molar-refractivity contribution < 1.29 is 0 Å². The van der Waals surface area contributed by atoms with Gasteiger partial charge in [0.05, 0.1) is 16.9 Å². The van der Waals surface area contributed by atoms with E-state index in [1.807, 2.05) is 0 Å². The number of pyridine rings is 1. The highest BCUT2D eigenvalue weighted by atomic mass is 15.2. The van der Waals surface area contributed by atoms with Crippen molar-refractivity contribution in [3.05, 3.63) is 236 Å². The zero-order valence-corrected chi connectivity index (χ0v) is 35.2. The standard InChI is InChI=1S/C60H43N3/c1-60(2)52-26-15-14-25-50(52)57-53(60)27-16-28-54(57)62(48-34-31-41(32-35-48)46-30-29-40-17-12-13-24-45(40)37-46)49-36-33-47-38-55(42-18-6-3-7-19-42)63-59(51(47)39-49)56(43-20-8-4-9-21-43)58(61-63)44-22-10-5-11-23-44/h3-39H,1-2H3. The van der Waals surface area contributed by atoms with Gasteiger partial charge in [-0.05, 0) is 92.0 Å². The summed E-state index contributed by atoms with van der Waals surface area (Å²) in [5.74, 6) is 0. The Morgan fingerprint density at radius 1 is 0.413 bits per heavy atom. The molecule has 298 valence electrons. The van der Waals surface area contributed by atoms with Gasteiger partial charge in [0.2, 0.25) is 0 Å². The van der Waals surface area contributed by atoms with Crippen LogP contribution in [0.4, 0.5) is 17.1 Å². The molecule has 0 spiro atoms. The highest BCUT2D eigenvalue weighted by molar-refractivity contribution is 6.10. The first-order chi connectivity index (χ1) is 31.0. The van der Waals surface area contributed by atoms with E-state index in [-0.39, 0.29) is 5.41 Å². The van der Waals surface area contributed by atoms with Gasteiger partial charge in [0.25, 0.3) is 0 Å². The summed E-state index contributed by atoms with van der Waals surface area (Å²) in [6, 6.07) is 81.6. The SMILES string of the molecule is CC1(C)c2ccccc2-c2c(N(c3ccc(-c4ccc5ccccc5c4)cc3)c3ccc4cc(-c5ccccc5)n5nc(-c6ccccc6)c(-c6ccccc6)c5c4c3)cccc21. The van der Waals surface area contributed by atoms with Gasteiger partial charge in [-0.2, -0.15) is 5.10 Å². The number of rotatable bonds is 7. The molecule has 0 saturated heterocycles. The van der Waals surface area contributed by atoms with Gasteiger partial charge in [0.1, 0.15) is 5.69 Å². The van der Waals surface area contributed by atoms with Crippen LogP contribution in [0, 0.1) is 0 Å². The third-order valence-corrected chi connectivity index (χ3v) is 13.2. The lowest BCUT2D eigenvalue weighted by Crippen LogP contribution is -2.16. The fraction of sp³-hybridized carbons (Fsp3) is 0.0500. The number of hydrogen-bond acceptors (Lipinski definition) is 2. The molecule has 0 saturated carbocycles. The van der Waals surface area contributed by atoms with Crippen LogP contribution in [0.2, 0.25) is 0 Å². The minimum absolute atomic E-state index is 0.146. The van der Waals surface area contributed by atoms with E-state index in [0.717, 1.165) is 67.0 Å². The van der Waals surface area contributed by atoms with Crippen LogP contribution in [-0.2, 0) is 5.41 Å². The van der Waals surface area contributed by atoms with Crippen LogP contribution in [0.25, 0.3) is 83.0 Å². The molecular weight excluding hydrogens is 763 g/mol. The smallest absolute Gasteiger partial charge is 0.101 e. The summed E-state index contributed by atoms with van der Waals surface area (Å²) in [4.78, 5) is 2.47. The number of benzene rings is 9. The molecule has 0 N–H and O–H groups in total. The summed E-state index contributed by atoms with van der Waals surface area (Å²) < 4.78 is 2.19. The molecule has 9 aromatic carbocycles. The number of fused-ring (bicyclic) bond motifs is 7. The molecule has 0 amide bonds. The van der Waals surface area contributed by atoms with E-state index in [9.17, 15) is 0 Å². The van der Waals surface area contributed by atoms with E-state index >= 15 is 0 Å². The van der Waals surface area contributed by atoms with Crippen molar-refractivity contribution in [2.24, 2.45) is 0 Å². The summed E-state index contributed by atoms with van der Waals surface area (Å²) in [6.07, 6.45) is 0. The molecule has 11 aromatic rings. The molecule has 63 heavy (non-hydrogen) atoms. The predicted molar refractivity (Wildman–Crippen MR) is 264 cm³/mol. The first kappa shape index (κ1) is 36.8. The van der Waals surface area contributed by atoms with Gasteiger partial charge in [-0.25, -0.2) is 4.52 Å². The Kier molecular flexibility index (Phi) is 8.52. The molecule has 0 atom stereocenters. The Hall–Kier alpha value is -8.01. The molecule has 2 heterocycles. The summed E-state index contributed by atoms with van der Waals surface area (Å²) >= 11 is 0. The van der Waals surface area contributed by atoms with Crippen LogP contribution in [0.3, 0.4) is 0 Å². The topological polar surface area (TPSA) is 20.5 Å². The normalized spacial score (nSPS) is 12.7. The fourth-order valence-electron chi connectivity index (χ4n) is 10.1. The molecule has 0 aliphatic heterocycles. The predicted octanol–water partition coefficient (Wildman–Crippen LogP) is 16.1. The van der Waals surface area contributed by atoms with Gasteiger partial charge < -0.3 is 4.90 Å². The molecular formula is C60H43N3. The van der Waals surface area contributed by atoms with Crippen LogP contribution in [-0.4, -0.2) is 9.61 Å². The Balaban J connectivity index is 1.13. The van der Waals surface area contributed by atoms with E-state index < -0.39 is 0 Å². The number of hydrogen-bond donors (Lipinski definition) is 0. The summed E-state index contributed by atoms with van der Waals surface area (Å²) in [5.41, 5.74) is 18.3. The molecule has 0 bridgehead atoms. The van der Waals surface area contributed by atoms with E-state index in [1.165, 1.54) is 44.2 Å². The maximum Gasteiger partial charge on any atom is 0.101 e. The monoisotopic (exact) mass is 805 g/mol. The molecule has 1 aliphatic carbocycles. The molecule has 0 radical (unpaired) electrons. The van der Waals surface area contributed by atoms with Crippen molar-refractivity contribution >= 4 is 44.1 Å². The van der Waals surface area contributed by atoms with Crippen molar-refractivity contribution in [2.45, 2.75) is 19.3 Å². The molecule has 12 rings (SSSR count). The van der Waals surface area contributed by atoms with Gasteiger partial charge in [-0.3, -0.25) is 0 Å². The first-order valence-electron chi connectivity index (χ1n) is 21.8. The number of aromatic nitrogens is 2. The highest BCUT2D eigenvalue weighted by Gasteiger charge is 2.37. The van der Waals surface area contributed by atoms with Crippen molar-refractivity contribution in [2.75, 3.05) is 4.90 Å². The highest BCUT2D eigenvalue weighted by Crippen LogP contribution is 2.54. The lowest BCUT2D eigenvalue weighted by atomic mass is 9.82. The van der Waals surface area contributed by atoms with Crippen molar-refractivity contribution in [1.29, 1.82) is 0 Å². The average Bonchev–Trinajstić information content (AvgIpc) is 3.86. The molecule has 1 aliphatic rings. The van der Waals surface area contributed by atoms with E-state index in [0.29, 0.717) is 0 Å². The van der Waals surface area contributed by atoms with Gasteiger partial charge in [-0.15, -0.1) is 0 Å². The second-order valence-electron chi connectivity index (χ2n) is 17.2. The Labute approximate surface area is 367 Å². The van der Waals surface area contributed by atoms with Crippen LogP contribution < -0.4 is 4.90 Å². The minimum Gasteiger partial charge on any atom is -0.310 e. The van der Waals surface area contributed by atoms with Crippen LogP contribution >= 0.6 is 0 Å². The maximum atomic E-state index is 5.53. The van der Waals surface area contributed by atoms with Crippen LogP contribution in [0.15, 0.2) is 224 Å². The van der Waals surface area contributed by atoms with Gasteiger partial charge >= 0.3 is 0 Å². The Morgan fingerprint density at radius 2 is 1.02 bits per heavy atom. The molecule has 3 heteroatoms. The maximum absolute atomic E-state index is 5.53. The van der Waals surface area contributed by atoms with Gasteiger partial charge in [-0.1, -0.05) is 196 Å². The van der Waals surface area contributed by atoms with Crippen molar-refractivity contribution in [1.82, 2.24) is 9.61 Å². The van der Waals surface area contributed by atoms with E-state index in [1.54, 1.807) is 0 Å². The lowest BCUT2D eigenvalue weighted by Gasteiger charge is -2.29. The fourth-order valence-corrected chi connectivity index (χ4v) is 10.1. The second-order valence-corrected chi connectivity index (χ2v) is 17.2. The number of anilines is 3. The zero-order valence-electron chi connectivity index (χ0n) is 35.2. The first-order valence-corrected chi connectivity index (χ1v) is 21.8. The molecule has 3 nitrogen and oxygen atoms in total. The summed E-state index contributed by atoms with van der Waals surface area (Å²) in [5, 5.41) is 10.3. The largest absolute Gasteiger partial charge is 0.310 e. The second kappa shape index (κ2) is 14.6. The Bertz CT molecular complexity index is 3510. The van der Waals surface area contributed by atoms with E-state index in [4.69, 9.17) is 5.10 Å². The third-order valence-electron chi connectivity index (χ3n) is 13.2. The van der Waals surface area contributed by atoms with Crippen molar-refractivity contribution in [3.8, 4) is 55.9 Å². The van der Waals surface area contributed by atoms with Crippen LogP contribution in [0.1, 0.15) is 25.0 Å². The molecule has 0 unspecified atom stereocenters. The Morgan fingerprint density at radius 3 is 1.78 bits per heavy atom. The molecule has 2 aromatic heterocycles. The van der Waals surface area contributed by atoms with Gasteiger partial charge in [0.15, 0.2) is 0 Å². The summed E-state index contributed by atoms with van der Waals surface area (Å²) in [6.45, 7) is 4.71. The molecule has 0 fully saturated rings. The number of nitrogens with zero attached hydrogens (tertiary/aromatic N) is 3.